The van der Waals surface area contributed by atoms with Crippen LogP contribution in [-0.4, -0.2) is 23.1 Å². The quantitative estimate of drug-likeness (QED) is 0.824. The summed E-state index contributed by atoms with van der Waals surface area (Å²) in [6.45, 7) is 10.0. The minimum Gasteiger partial charge on any atom is -0.313 e. The molecule has 3 heteroatoms. The van der Waals surface area contributed by atoms with Crippen molar-refractivity contribution in [3.63, 3.8) is 0 Å². The highest BCUT2D eigenvalue weighted by molar-refractivity contribution is 9.10. The summed E-state index contributed by atoms with van der Waals surface area (Å²) >= 11 is 5.57. The first-order valence-electron chi connectivity index (χ1n) is 6.52. The Balaban J connectivity index is 2.57. The molecular formula is C15H24BrNS. The number of nitrogens with one attached hydrogen (secondary N) is 1. The molecule has 1 rings (SSSR count). The average molecular weight is 330 g/mol. The summed E-state index contributed by atoms with van der Waals surface area (Å²) in [7, 11) is 0. The molecule has 0 heterocycles. The monoisotopic (exact) mass is 329 g/mol. The number of rotatable bonds is 6. The standard InChI is InChI=1S/C15H24BrNS/c1-5-17-14(11-18-15(2,3)4)10-12-7-6-8-13(16)9-12/h6-9,14,17H,5,10-11H2,1-4H3. The summed E-state index contributed by atoms with van der Waals surface area (Å²) in [5.74, 6) is 1.16. The van der Waals surface area contributed by atoms with Crippen LogP contribution in [0, 0.1) is 0 Å². The zero-order chi connectivity index (χ0) is 13.6. The highest BCUT2D eigenvalue weighted by atomic mass is 79.9. The Hall–Kier alpha value is 0.01000. The summed E-state index contributed by atoms with van der Waals surface area (Å²) in [5.41, 5.74) is 1.39. The third-order valence-corrected chi connectivity index (χ3v) is 4.51. The smallest absolute Gasteiger partial charge is 0.0198 e. The molecule has 0 bridgehead atoms. The van der Waals surface area contributed by atoms with Gasteiger partial charge in [-0.15, -0.1) is 0 Å². The molecule has 0 spiro atoms. The SMILES string of the molecule is CCNC(CSC(C)(C)C)Cc1cccc(Br)c1. The number of benzene rings is 1. The number of halogens is 1. The summed E-state index contributed by atoms with van der Waals surface area (Å²) in [6.07, 6.45) is 1.09. The van der Waals surface area contributed by atoms with Crippen LogP contribution in [-0.2, 0) is 6.42 Å². The molecule has 102 valence electrons. The Labute approximate surface area is 124 Å². The molecule has 1 nitrogen and oxygen atoms in total. The lowest BCUT2D eigenvalue weighted by Crippen LogP contribution is -2.34. The van der Waals surface area contributed by atoms with Gasteiger partial charge in [-0.25, -0.2) is 0 Å². The Morgan fingerprint density at radius 3 is 2.61 bits per heavy atom. The lowest BCUT2D eigenvalue weighted by molar-refractivity contribution is 0.570. The number of likely N-dealkylation sites (N-methyl/N-ethyl adjacent to an activating group) is 1. The molecule has 1 N–H and O–H groups in total. The van der Waals surface area contributed by atoms with Gasteiger partial charge in [-0.1, -0.05) is 55.8 Å². The third kappa shape index (κ3) is 6.81. The molecule has 0 saturated heterocycles. The largest absolute Gasteiger partial charge is 0.313 e. The van der Waals surface area contributed by atoms with Gasteiger partial charge in [0.15, 0.2) is 0 Å². The van der Waals surface area contributed by atoms with E-state index in [1.807, 2.05) is 11.8 Å². The van der Waals surface area contributed by atoms with E-state index in [2.05, 4.69) is 73.2 Å². The van der Waals surface area contributed by atoms with Crippen LogP contribution in [0.15, 0.2) is 28.7 Å². The topological polar surface area (TPSA) is 12.0 Å². The van der Waals surface area contributed by atoms with E-state index in [9.17, 15) is 0 Å². The minimum absolute atomic E-state index is 0.338. The van der Waals surface area contributed by atoms with E-state index < -0.39 is 0 Å². The predicted molar refractivity (Wildman–Crippen MR) is 87.5 cm³/mol. The van der Waals surface area contributed by atoms with Gasteiger partial charge in [0.05, 0.1) is 0 Å². The molecule has 1 aromatic rings. The Bertz CT molecular complexity index is 360. The first-order valence-corrected chi connectivity index (χ1v) is 8.30. The summed E-state index contributed by atoms with van der Waals surface area (Å²) in [5, 5.41) is 3.59. The Kier molecular flexibility index (Phi) is 6.75. The Morgan fingerprint density at radius 1 is 1.33 bits per heavy atom. The van der Waals surface area contributed by atoms with Crippen molar-refractivity contribution in [3.8, 4) is 0 Å². The van der Waals surface area contributed by atoms with E-state index in [-0.39, 0.29) is 0 Å². The number of hydrogen-bond acceptors (Lipinski definition) is 2. The average Bonchev–Trinajstić information content (AvgIpc) is 2.25. The minimum atomic E-state index is 0.338. The summed E-state index contributed by atoms with van der Waals surface area (Å²) in [6, 6.07) is 9.16. The van der Waals surface area contributed by atoms with Crippen LogP contribution in [0.5, 0.6) is 0 Å². The molecule has 0 saturated carbocycles. The fourth-order valence-electron chi connectivity index (χ4n) is 1.78. The van der Waals surface area contributed by atoms with E-state index in [0.29, 0.717) is 10.8 Å². The van der Waals surface area contributed by atoms with Crippen molar-refractivity contribution in [1.29, 1.82) is 0 Å². The second kappa shape index (κ2) is 7.56. The van der Waals surface area contributed by atoms with Gasteiger partial charge in [-0.05, 0) is 30.7 Å². The molecule has 1 atom stereocenters. The molecule has 0 aliphatic carbocycles. The van der Waals surface area contributed by atoms with Crippen LogP contribution in [0.2, 0.25) is 0 Å². The van der Waals surface area contributed by atoms with Crippen LogP contribution in [0.4, 0.5) is 0 Å². The fourth-order valence-corrected chi connectivity index (χ4v) is 3.16. The van der Waals surface area contributed by atoms with Crippen molar-refractivity contribution < 1.29 is 0 Å². The van der Waals surface area contributed by atoms with Crippen molar-refractivity contribution >= 4 is 27.7 Å². The molecular weight excluding hydrogens is 306 g/mol. The first-order chi connectivity index (χ1) is 8.40. The maximum absolute atomic E-state index is 3.59. The van der Waals surface area contributed by atoms with Crippen LogP contribution in [0.25, 0.3) is 0 Å². The molecule has 1 unspecified atom stereocenters. The lowest BCUT2D eigenvalue weighted by Gasteiger charge is -2.23. The molecule has 0 aliphatic heterocycles. The fraction of sp³-hybridized carbons (Fsp3) is 0.600. The number of thioether (sulfide) groups is 1. The highest BCUT2D eigenvalue weighted by Crippen LogP contribution is 2.24. The van der Waals surface area contributed by atoms with Gasteiger partial charge in [0.1, 0.15) is 0 Å². The van der Waals surface area contributed by atoms with E-state index >= 15 is 0 Å². The lowest BCUT2D eigenvalue weighted by atomic mass is 10.1. The van der Waals surface area contributed by atoms with Gasteiger partial charge in [0.25, 0.3) is 0 Å². The molecule has 0 aliphatic rings. The molecule has 0 amide bonds. The zero-order valence-corrected chi connectivity index (χ0v) is 14.2. The van der Waals surface area contributed by atoms with Gasteiger partial charge in [0, 0.05) is 21.0 Å². The van der Waals surface area contributed by atoms with Gasteiger partial charge < -0.3 is 5.32 Å². The van der Waals surface area contributed by atoms with E-state index in [1.54, 1.807) is 0 Å². The normalized spacial score (nSPS) is 13.6. The first kappa shape index (κ1) is 16.1. The van der Waals surface area contributed by atoms with Gasteiger partial charge in [-0.2, -0.15) is 11.8 Å². The van der Waals surface area contributed by atoms with Crippen molar-refractivity contribution in [2.75, 3.05) is 12.3 Å². The van der Waals surface area contributed by atoms with Gasteiger partial charge >= 0.3 is 0 Å². The second-order valence-electron chi connectivity index (χ2n) is 5.51. The highest BCUT2D eigenvalue weighted by Gasteiger charge is 2.15. The van der Waals surface area contributed by atoms with E-state index in [4.69, 9.17) is 0 Å². The van der Waals surface area contributed by atoms with Gasteiger partial charge in [-0.3, -0.25) is 0 Å². The molecule has 18 heavy (non-hydrogen) atoms. The summed E-state index contributed by atoms with van der Waals surface area (Å²) in [4.78, 5) is 0. The predicted octanol–water partition coefficient (Wildman–Crippen LogP) is 4.50. The van der Waals surface area contributed by atoms with Crippen molar-refractivity contribution in [1.82, 2.24) is 5.32 Å². The number of hydrogen-bond donors (Lipinski definition) is 1. The molecule has 1 aromatic carbocycles. The maximum Gasteiger partial charge on any atom is 0.0198 e. The molecule has 0 aromatic heterocycles. The van der Waals surface area contributed by atoms with Crippen LogP contribution in [0.3, 0.4) is 0 Å². The van der Waals surface area contributed by atoms with Crippen LogP contribution >= 0.6 is 27.7 Å². The van der Waals surface area contributed by atoms with Crippen molar-refractivity contribution in [2.45, 2.75) is 44.9 Å². The van der Waals surface area contributed by atoms with Gasteiger partial charge in [0.2, 0.25) is 0 Å². The third-order valence-electron chi connectivity index (χ3n) is 2.58. The van der Waals surface area contributed by atoms with Crippen molar-refractivity contribution in [3.05, 3.63) is 34.3 Å². The zero-order valence-electron chi connectivity index (χ0n) is 11.8. The van der Waals surface area contributed by atoms with Crippen molar-refractivity contribution in [2.24, 2.45) is 0 Å². The maximum atomic E-state index is 3.59. The van der Waals surface area contributed by atoms with Crippen LogP contribution in [0.1, 0.15) is 33.3 Å². The molecule has 0 fully saturated rings. The van der Waals surface area contributed by atoms with Crippen LogP contribution < -0.4 is 5.32 Å². The molecule has 0 radical (unpaired) electrons. The van der Waals surface area contributed by atoms with E-state index in [1.165, 1.54) is 10.0 Å². The second-order valence-corrected chi connectivity index (χ2v) is 8.27. The summed E-state index contributed by atoms with van der Waals surface area (Å²) < 4.78 is 1.50. The Morgan fingerprint density at radius 2 is 2.06 bits per heavy atom. The van der Waals surface area contributed by atoms with E-state index in [0.717, 1.165) is 18.7 Å².